The third kappa shape index (κ3) is 1.99. The van der Waals surface area contributed by atoms with Crippen molar-refractivity contribution in [2.45, 2.75) is 45.3 Å². The van der Waals surface area contributed by atoms with Crippen molar-refractivity contribution in [3.05, 3.63) is 17.0 Å². The van der Waals surface area contributed by atoms with E-state index in [1.54, 1.807) is 0 Å². The summed E-state index contributed by atoms with van der Waals surface area (Å²) in [5.41, 5.74) is 2.46. The van der Waals surface area contributed by atoms with Crippen molar-refractivity contribution < 1.29 is 4.52 Å². The van der Waals surface area contributed by atoms with Crippen LogP contribution in [0, 0.1) is 0 Å². The lowest BCUT2D eigenvalue weighted by Crippen LogP contribution is -2.30. The molecule has 2 aliphatic rings. The van der Waals surface area contributed by atoms with Gasteiger partial charge in [0, 0.05) is 37.7 Å². The number of hydrogen-bond donors (Lipinski definition) is 1. The fourth-order valence-corrected chi connectivity index (χ4v) is 2.26. The lowest BCUT2D eigenvalue weighted by molar-refractivity contribution is 0.247. The smallest absolute Gasteiger partial charge is 0.142 e. The van der Waals surface area contributed by atoms with Crippen LogP contribution < -0.4 is 5.32 Å². The van der Waals surface area contributed by atoms with Crippen molar-refractivity contribution in [2.75, 3.05) is 13.1 Å². The van der Waals surface area contributed by atoms with Crippen LogP contribution in [0.25, 0.3) is 0 Å². The Morgan fingerprint density at radius 3 is 3.12 bits per heavy atom. The normalized spacial score (nSPS) is 21.1. The molecule has 88 valence electrons. The van der Waals surface area contributed by atoms with E-state index in [2.05, 4.69) is 22.3 Å². The maximum absolute atomic E-state index is 5.42. The summed E-state index contributed by atoms with van der Waals surface area (Å²) in [6.45, 7) is 6.31. The molecular weight excluding hydrogens is 202 g/mol. The van der Waals surface area contributed by atoms with Crippen LogP contribution in [0.3, 0.4) is 0 Å². The van der Waals surface area contributed by atoms with E-state index in [0.29, 0.717) is 0 Å². The summed E-state index contributed by atoms with van der Waals surface area (Å²) in [5.74, 6) is 1.11. The predicted octanol–water partition coefficient (Wildman–Crippen LogP) is 1.30. The zero-order chi connectivity index (χ0) is 11.0. The molecule has 0 amide bonds. The molecular formula is C12H19N3O. The monoisotopic (exact) mass is 221 g/mol. The lowest BCUT2D eigenvalue weighted by atomic mass is 10.1. The van der Waals surface area contributed by atoms with E-state index in [-0.39, 0.29) is 0 Å². The first-order chi connectivity index (χ1) is 7.86. The van der Waals surface area contributed by atoms with Gasteiger partial charge in [-0.3, -0.25) is 4.90 Å². The maximum atomic E-state index is 5.42. The fourth-order valence-electron chi connectivity index (χ4n) is 2.26. The summed E-state index contributed by atoms with van der Waals surface area (Å²) in [4.78, 5) is 2.44. The standard InChI is InChI=1S/C12H19N3O/c1-2-15-6-5-12-10(8-15)11(14-16-12)7-13-9-3-4-9/h9,13H,2-8H2,1H3. The Kier molecular flexibility index (Phi) is 2.69. The maximum Gasteiger partial charge on any atom is 0.142 e. The number of hydrogen-bond acceptors (Lipinski definition) is 4. The van der Waals surface area contributed by atoms with Crippen molar-refractivity contribution in [2.24, 2.45) is 0 Å². The van der Waals surface area contributed by atoms with Gasteiger partial charge in [0.25, 0.3) is 0 Å². The molecule has 1 fully saturated rings. The van der Waals surface area contributed by atoms with Crippen molar-refractivity contribution in [3.8, 4) is 0 Å². The number of likely N-dealkylation sites (N-methyl/N-ethyl adjacent to an activating group) is 1. The molecule has 0 bridgehead atoms. The van der Waals surface area contributed by atoms with Crippen LogP contribution in [0.5, 0.6) is 0 Å². The second-order valence-electron chi connectivity index (χ2n) is 4.80. The quantitative estimate of drug-likeness (QED) is 0.832. The van der Waals surface area contributed by atoms with E-state index in [1.807, 2.05) is 0 Å². The summed E-state index contributed by atoms with van der Waals surface area (Å²) in [6.07, 6.45) is 3.65. The van der Waals surface area contributed by atoms with Crippen LogP contribution in [-0.4, -0.2) is 29.2 Å². The Balaban J connectivity index is 1.71. The van der Waals surface area contributed by atoms with Gasteiger partial charge < -0.3 is 9.84 Å². The van der Waals surface area contributed by atoms with Gasteiger partial charge in [-0.2, -0.15) is 0 Å². The Morgan fingerprint density at radius 1 is 1.50 bits per heavy atom. The third-order valence-electron chi connectivity index (χ3n) is 3.57. The van der Waals surface area contributed by atoms with Crippen LogP contribution >= 0.6 is 0 Å². The zero-order valence-corrected chi connectivity index (χ0v) is 9.83. The number of fused-ring (bicyclic) bond motifs is 1. The third-order valence-corrected chi connectivity index (χ3v) is 3.57. The molecule has 0 unspecified atom stereocenters. The summed E-state index contributed by atoms with van der Waals surface area (Å²) >= 11 is 0. The van der Waals surface area contributed by atoms with Crippen molar-refractivity contribution >= 4 is 0 Å². The highest BCUT2D eigenvalue weighted by Gasteiger charge is 2.25. The second-order valence-corrected chi connectivity index (χ2v) is 4.80. The summed E-state index contributed by atoms with van der Waals surface area (Å²) in [6, 6.07) is 0.734. The average molecular weight is 221 g/mol. The summed E-state index contributed by atoms with van der Waals surface area (Å²) in [7, 11) is 0. The molecule has 16 heavy (non-hydrogen) atoms. The molecule has 3 rings (SSSR count). The summed E-state index contributed by atoms with van der Waals surface area (Å²) < 4.78 is 5.42. The Labute approximate surface area is 96.0 Å². The van der Waals surface area contributed by atoms with Gasteiger partial charge in [0.1, 0.15) is 11.5 Å². The molecule has 2 heterocycles. The molecule has 1 aromatic heterocycles. The fraction of sp³-hybridized carbons (Fsp3) is 0.750. The molecule has 0 radical (unpaired) electrons. The van der Waals surface area contributed by atoms with Crippen LogP contribution in [0.1, 0.15) is 36.8 Å². The van der Waals surface area contributed by atoms with E-state index in [4.69, 9.17) is 4.52 Å². The lowest BCUT2D eigenvalue weighted by Gasteiger charge is -2.24. The first kappa shape index (κ1) is 10.3. The molecule has 0 atom stereocenters. The van der Waals surface area contributed by atoms with Gasteiger partial charge in [-0.15, -0.1) is 0 Å². The Hall–Kier alpha value is -0.870. The van der Waals surface area contributed by atoms with Crippen molar-refractivity contribution in [3.63, 3.8) is 0 Å². The van der Waals surface area contributed by atoms with Gasteiger partial charge in [-0.25, -0.2) is 0 Å². The minimum absolute atomic E-state index is 0.734. The molecule has 0 saturated heterocycles. The number of nitrogens with zero attached hydrogens (tertiary/aromatic N) is 2. The highest BCUT2D eigenvalue weighted by Crippen LogP contribution is 2.24. The summed E-state index contributed by atoms with van der Waals surface area (Å²) in [5, 5.41) is 7.70. The predicted molar refractivity (Wildman–Crippen MR) is 61.0 cm³/mol. The van der Waals surface area contributed by atoms with Crippen LogP contribution in [0.2, 0.25) is 0 Å². The molecule has 1 aliphatic carbocycles. The van der Waals surface area contributed by atoms with Gasteiger partial charge in [-0.05, 0) is 19.4 Å². The molecule has 1 saturated carbocycles. The Bertz CT molecular complexity index is 370. The molecule has 1 aliphatic heterocycles. The topological polar surface area (TPSA) is 41.3 Å². The van der Waals surface area contributed by atoms with Crippen LogP contribution in [-0.2, 0) is 19.5 Å². The van der Waals surface area contributed by atoms with Crippen LogP contribution in [0.4, 0.5) is 0 Å². The van der Waals surface area contributed by atoms with E-state index in [9.17, 15) is 0 Å². The number of rotatable bonds is 4. The largest absolute Gasteiger partial charge is 0.361 e. The van der Waals surface area contributed by atoms with E-state index in [0.717, 1.165) is 50.1 Å². The van der Waals surface area contributed by atoms with Gasteiger partial charge in [-0.1, -0.05) is 12.1 Å². The van der Waals surface area contributed by atoms with E-state index < -0.39 is 0 Å². The highest BCUT2D eigenvalue weighted by atomic mass is 16.5. The molecule has 1 N–H and O–H groups in total. The first-order valence-electron chi connectivity index (χ1n) is 6.29. The minimum atomic E-state index is 0.734. The van der Waals surface area contributed by atoms with Gasteiger partial charge in [0.05, 0.1) is 0 Å². The van der Waals surface area contributed by atoms with Gasteiger partial charge in [0.2, 0.25) is 0 Å². The van der Waals surface area contributed by atoms with Crippen molar-refractivity contribution in [1.29, 1.82) is 0 Å². The molecule has 4 nitrogen and oxygen atoms in total. The molecule has 1 aromatic rings. The molecule has 0 spiro atoms. The zero-order valence-electron chi connectivity index (χ0n) is 9.83. The van der Waals surface area contributed by atoms with Gasteiger partial charge >= 0.3 is 0 Å². The number of aromatic nitrogens is 1. The SMILES string of the molecule is CCN1CCc2onc(CNC3CC3)c2C1. The minimum Gasteiger partial charge on any atom is -0.361 e. The molecule has 4 heteroatoms. The van der Waals surface area contributed by atoms with Crippen molar-refractivity contribution in [1.82, 2.24) is 15.4 Å². The molecule has 0 aromatic carbocycles. The number of nitrogens with one attached hydrogen (secondary N) is 1. The van der Waals surface area contributed by atoms with E-state index >= 15 is 0 Å². The average Bonchev–Trinajstić information content (AvgIpc) is 3.06. The highest BCUT2D eigenvalue weighted by molar-refractivity contribution is 5.25. The van der Waals surface area contributed by atoms with E-state index in [1.165, 1.54) is 18.4 Å². The Morgan fingerprint density at radius 2 is 2.38 bits per heavy atom. The van der Waals surface area contributed by atoms with Crippen LogP contribution in [0.15, 0.2) is 4.52 Å². The first-order valence-corrected chi connectivity index (χ1v) is 6.29. The van der Waals surface area contributed by atoms with Gasteiger partial charge in [0.15, 0.2) is 0 Å². The second kappa shape index (κ2) is 4.18.